The summed E-state index contributed by atoms with van der Waals surface area (Å²) in [4.78, 5) is 14.9. The Hall–Kier alpha value is -2.99. The fraction of sp³-hybridized carbons (Fsp3) is 0.448. The maximum atomic E-state index is 13.5. The highest BCUT2D eigenvalue weighted by atomic mass is 19.1. The Balaban J connectivity index is 1.09. The van der Waals surface area contributed by atoms with Crippen molar-refractivity contribution in [1.29, 1.82) is 0 Å². The lowest BCUT2D eigenvalue weighted by atomic mass is 9.89. The van der Waals surface area contributed by atoms with Gasteiger partial charge in [-0.25, -0.2) is 4.39 Å². The molecular weight excluding hydrogens is 441 g/mol. The average molecular weight is 476 g/mol. The number of benzene rings is 2. The van der Waals surface area contributed by atoms with Gasteiger partial charge >= 0.3 is 0 Å². The van der Waals surface area contributed by atoms with Crippen LogP contribution in [-0.4, -0.2) is 42.1 Å². The second-order valence-corrected chi connectivity index (χ2v) is 10.2. The molecule has 5 nitrogen and oxygen atoms in total. The predicted octanol–water partition coefficient (Wildman–Crippen LogP) is 5.70. The Morgan fingerprint density at radius 2 is 1.97 bits per heavy atom. The highest BCUT2D eigenvalue weighted by Gasteiger charge is 2.31. The van der Waals surface area contributed by atoms with Crippen LogP contribution in [0.25, 0.3) is 17.0 Å². The molecule has 0 bridgehead atoms. The first kappa shape index (κ1) is 23.7. The zero-order valence-corrected chi connectivity index (χ0v) is 20.4. The molecule has 0 radical (unpaired) electrons. The van der Waals surface area contributed by atoms with Gasteiger partial charge in [0.05, 0.1) is 5.69 Å². The molecule has 1 N–H and O–H groups in total. The van der Waals surface area contributed by atoms with E-state index >= 15 is 0 Å². The summed E-state index contributed by atoms with van der Waals surface area (Å²) < 4.78 is 18.8. The van der Waals surface area contributed by atoms with Crippen molar-refractivity contribution in [3.63, 3.8) is 0 Å². The van der Waals surface area contributed by atoms with Crippen LogP contribution in [0.1, 0.15) is 54.8 Å². The van der Waals surface area contributed by atoms with Crippen molar-refractivity contribution in [3.05, 3.63) is 71.2 Å². The molecule has 6 heteroatoms. The second-order valence-electron chi connectivity index (χ2n) is 10.2. The lowest BCUT2D eigenvalue weighted by Crippen LogP contribution is -2.39. The topological polar surface area (TPSA) is 58.4 Å². The quantitative estimate of drug-likeness (QED) is 0.445. The zero-order chi connectivity index (χ0) is 24.2. The summed E-state index contributed by atoms with van der Waals surface area (Å²) in [5.41, 5.74) is 3.75. The van der Waals surface area contributed by atoms with E-state index in [4.69, 9.17) is 4.52 Å². The standard InChI is InChI=1S/C29H34FN3O2/c1-20-4-2-5-21(16-20)8-11-28(34)31-18-23-6-3-7-24(23)19-33-14-12-22(13-15-33)29-26-10-9-25(30)17-27(26)35-32-29/h2,4-5,8-11,16-17,22-24H,3,6-7,12-15,18-19H2,1H3,(H,31,34)/t23-,24-/m1/s1. The fourth-order valence-corrected chi connectivity index (χ4v) is 5.80. The van der Waals surface area contributed by atoms with Crippen LogP contribution in [0, 0.1) is 24.6 Å². The fourth-order valence-electron chi connectivity index (χ4n) is 5.80. The summed E-state index contributed by atoms with van der Waals surface area (Å²) in [6.07, 6.45) is 9.26. The van der Waals surface area contributed by atoms with E-state index in [0.717, 1.165) is 55.7 Å². The molecule has 2 fully saturated rings. The van der Waals surface area contributed by atoms with Crippen molar-refractivity contribution >= 4 is 23.0 Å². The summed E-state index contributed by atoms with van der Waals surface area (Å²) >= 11 is 0. The van der Waals surface area contributed by atoms with Gasteiger partial charge in [0.2, 0.25) is 5.91 Å². The van der Waals surface area contributed by atoms with E-state index in [0.29, 0.717) is 23.3 Å². The molecule has 1 aromatic heterocycles. The molecule has 2 atom stereocenters. The number of fused-ring (bicyclic) bond motifs is 1. The van der Waals surface area contributed by atoms with Gasteiger partial charge in [0.1, 0.15) is 5.82 Å². The zero-order valence-electron chi connectivity index (χ0n) is 20.4. The highest BCUT2D eigenvalue weighted by Crippen LogP contribution is 2.36. The lowest BCUT2D eigenvalue weighted by Gasteiger charge is -2.34. The van der Waals surface area contributed by atoms with E-state index in [1.54, 1.807) is 12.1 Å². The first-order chi connectivity index (χ1) is 17.0. The maximum absolute atomic E-state index is 13.5. The minimum absolute atomic E-state index is 0.0160. The summed E-state index contributed by atoms with van der Waals surface area (Å²) in [5, 5.41) is 8.35. The van der Waals surface area contributed by atoms with Gasteiger partial charge in [0.15, 0.2) is 5.58 Å². The van der Waals surface area contributed by atoms with E-state index < -0.39 is 0 Å². The SMILES string of the molecule is Cc1cccc(C=CC(=O)NC[C@H]2CCC[C@@H]2CN2CCC(c3noc4cc(F)ccc34)CC2)c1. The van der Waals surface area contributed by atoms with Gasteiger partial charge in [-0.2, -0.15) is 0 Å². The van der Waals surface area contributed by atoms with E-state index in [9.17, 15) is 9.18 Å². The molecule has 1 saturated carbocycles. The Morgan fingerprint density at radius 3 is 2.80 bits per heavy atom. The number of hydrogen-bond acceptors (Lipinski definition) is 4. The number of amides is 1. The van der Waals surface area contributed by atoms with Crippen LogP contribution in [-0.2, 0) is 4.79 Å². The van der Waals surface area contributed by atoms with Gasteiger partial charge in [0.25, 0.3) is 0 Å². The summed E-state index contributed by atoms with van der Waals surface area (Å²) in [5.74, 6) is 1.22. The van der Waals surface area contributed by atoms with Gasteiger partial charge in [-0.15, -0.1) is 0 Å². The number of piperidine rings is 1. The molecule has 2 heterocycles. The minimum Gasteiger partial charge on any atom is -0.356 e. The molecule has 0 spiro atoms. The molecule has 35 heavy (non-hydrogen) atoms. The first-order valence-electron chi connectivity index (χ1n) is 12.8. The molecule has 184 valence electrons. The largest absolute Gasteiger partial charge is 0.356 e. The van der Waals surface area contributed by atoms with Crippen LogP contribution in [0.3, 0.4) is 0 Å². The Kier molecular flexibility index (Phi) is 7.28. The number of rotatable bonds is 7. The highest BCUT2D eigenvalue weighted by molar-refractivity contribution is 5.91. The molecule has 1 amide bonds. The number of carbonyl (C=O) groups is 1. The van der Waals surface area contributed by atoms with Crippen molar-refractivity contribution in [2.45, 2.75) is 44.9 Å². The normalized spacial score (nSPS) is 21.8. The Morgan fingerprint density at radius 1 is 1.14 bits per heavy atom. The Bertz CT molecular complexity index is 1200. The summed E-state index contributed by atoms with van der Waals surface area (Å²) in [6.45, 7) is 5.97. The number of nitrogens with one attached hydrogen (secondary N) is 1. The number of likely N-dealkylation sites (tertiary alicyclic amines) is 1. The van der Waals surface area contributed by atoms with Crippen molar-refractivity contribution in [3.8, 4) is 0 Å². The number of halogens is 1. The Labute approximate surface area is 206 Å². The van der Waals surface area contributed by atoms with Gasteiger partial charge in [-0.05, 0) is 81.3 Å². The molecule has 1 saturated heterocycles. The lowest BCUT2D eigenvalue weighted by molar-refractivity contribution is -0.116. The van der Waals surface area contributed by atoms with Crippen LogP contribution in [0.5, 0.6) is 0 Å². The molecule has 3 aromatic rings. The van der Waals surface area contributed by atoms with E-state index in [1.165, 1.54) is 37.0 Å². The maximum Gasteiger partial charge on any atom is 0.244 e. The van der Waals surface area contributed by atoms with Crippen LogP contribution in [0.15, 0.2) is 53.1 Å². The molecular formula is C29H34FN3O2. The summed E-state index contributed by atoms with van der Waals surface area (Å²) in [7, 11) is 0. The smallest absolute Gasteiger partial charge is 0.244 e. The third-order valence-corrected chi connectivity index (χ3v) is 7.75. The predicted molar refractivity (Wildman–Crippen MR) is 136 cm³/mol. The molecule has 2 aromatic carbocycles. The van der Waals surface area contributed by atoms with Gasteiger partial charge in [-0.1, -0.05) is 41.4 Å². The molecule has 0 unspecified atom stereocenters. The summed E-state index contributed by atoms with van der Waals surface area (Å²) in [6, 6.07) is 12.8. The first-order valence-corrected chi connectivity index (χ1v) is 12.8. The van der Waals surface area contributed by atoms with Gasteiger partial charge in [0, 0.05) is 36.5 Å². The van der Waals surface area contributed by atoms with E-state index in [1.807, 2.05) is 18.2 Å². The van der Waals surface area contributed by atoms with Crippen molar-refractivity contribution in [2.24, 2.45) is 11.8 Å². The number of carbonyl (C=O) groups excluding carboxylic acids is 1. The third-order valence-electron chi connectivity index (χ3n) is 7.75. The van der Waals surface area contributed by atoms with Crippen LogP contribution < -0.4 is 5.32 Å². The van der Waals surface area contributed by atoms with E-state index in [-0.39, 0.29) is 11.7 Å². The van der Waals surface area contributed by atoms with E-state index in [2.05, 4.69) is 34.4 Å². The number of aromatic nitrogens is 1. The third kappa shape index (κ3) is 5.81. The molecule has 1 aliphatic carbocycles. The molecule has 5 rings (SSSR count). The molecule has 1 aliphatic heterocycles. The number of aryl methyl sites for hydroxylation is 1. The average Bonchev–Trinajstić information content (AvgIpc) is 3.48. The van der Waals surface area contributed by atoms with Gasteiger partial charge < -0.3 is 14.7 Å². The number of hydrogen-bond donors (Lipinski definition) is 1. The van der Waals surface area contributed by atoms with Crippen LogP contribution in [0.4, 0.5) is 4.39 Å². The van der Waals surface area contributed by atoms with Crippen LogP contribution in [0.2, 0.25) is 0 Å². The minimum atomic E-state index is -0.292. The molecule has 2 aliphatic rings. The van der Waals surface area contributed by atoms with Gasteiger partial charge in [-0.3, -0.25) is 4.79 Å². The second kappa shape index (κ2) is 10.7. The monoisotopic (exact) mass is 475 g/mol. The van der Waals surface area contributed by atoms with Crippen molar-refractivity contribution < 1.29 is 13.7 Å². The number of nitrogens with zero attached hydrogens (tertiary/aromatic N) is 2. The van der Waals surface area contributed by atoms with Crippen molar-refractivity contribution in [2.75, 3.05) is 26.2 Å². The van der Waals surface area contributed by atoms with Crippen LogP contribution >= 0.6 is 0 Å². The van der Waals surface area contributed by atoms with Crippen molar-refractivity contribution in [1.82, 2.24) is 15.4 Å².